The van der Waals surface area contributed by atoms with Gasteiger partial charge in [0.05, 0.1) is 11.2 Å². The first-order valence-electron chi connectivity index (χ1n) is 7.26. The maximum atomic E-state index is 13.8. The molecule has 1 amide bonds. The zero-order valence-electron chi connectivity index (χ0n) is 12.8. The van der Waals surface area contributed by atoms with E-state index in [0.717, 1.165) is 0 Å². The molecule has 7 heteroatoms. The molecule has 0 spiro atoms. The van der Waals surface area contributed by atoms with Crippen molar-refractivity contribution < 1.29 is 17.6 Å². The maximum Gasteiger partial charge on any atom is 0.230 e. The second kappa shape index (κ2) is 6.34. The number of carbonyl (C=O) groups excluding carboxylic acids is 1. The van der Waals surface area contributed by atoms with Gasteiger partial charge in [-0.1, -0.05) is 18.2 Å². The molecule has 0 aliphatic carbocycles. The van der Waals surface area contributed by atoms with Gasteiger partial charge in [0, 0.05) is 25.2 Å². The van der Waals surface area contributed by atoms with Crippen LogP contribution in [-0.2, 0) is 20.2 Å². The molecule has 1 saturated heterocycles. The van der Waals surface area contributed by atoms with Crippen molar-refractivity contribution >= 4 is 15.9 Å². The fraction of sp³-hybridized carbons (Fsp3) is 0.533. The summed E-state index contributed by atoms with van der Waals surface area (Å²) in [6.07, 6.45) is 0.622. The molecule has 1 heterocycles. The van der Waals surface area contributed by atoms with E-state index in [4.69, 9.17) is 0 Å². The summed E-state index contributed by atoms with van der Waals surface area (Å²) in [5.74, 6) is -0.583. The first-order valence-corrected chi connectivity index (χ1v) is 8.87. The van der Waals surface area contributed by atoms with Gasteiger partial charge in [-0.05, 0) is 26.3 Å². The van der Waals surface area contributed by atoms with Gasteiger partial charge in [0.2, 0.25) is 15.9 Å². The zero-order valence-corrected chi connectivity index (χ0v) is 13.6. The third-order valence-corrected chi connectivity index (χ3v) is 5.92. The van der Waals surface area contributed by atoms with Crippen molar-refractivity contribution in [2.24, 2.45) is 0 Å². The Balaban J connectivity index is 1.96. The summed E-state index contributed by atoms with van der Waals surface area (Å²) in [5.41, 5.74) is -0.698. The van der Waals surface area contributed by atoms with Crippen molar-refractivity contribution in [2.45, 2.75) is 25.7 Å². The maximum absolute atomic E-state index is 13.8. The Morgan fingerprint density at radius 3 is 2.64 bits per heavy atom. The Bertz CT molecular complexity index is 659. The van der Waals surface area contributed by atoms with Gasteiger partial charge >= 0.3 is 0 Å². The number of nitrogens with zero attached hydrogens (tertiary/aromatic N) is 1. The standard InChI is InChI=1S/C15H21FN2O3S/c1-15(2,12-6-3-4-7-13(12)16)14(19)17-8-10-18-9-5-11-22(18,20)21/h3-4,6-7H,5,8-11H2,1-2H3,(H,17,19). The Morgan fingerprint density at radius 2 is 2.05 bits per heavy atom. The predicted octanol–water partition coefficient (Wildman–Crippen LogP) is 1.25. The highest BCUT2D eigenvalue weighted by atomic mass is 32.2. The number of sulfonamides is 1. The number of halogens is 1. The third-order valence-electron chi connectivity index (χ3n) is 3.96. The van der Waals surface area contributed by atoms with Gasteiger partial charge in [0.15, 0.2) is 0 Å². The molecule has 0 unspecified atom stereocenters. The van der Waals surface area contributed by atoms with Crippen molar-refractivity contribution in [3.05, 3.63) is 35.6 Å². The molecule has 0 saturated carbocycles. The summed E-state index contributed by atoms with van der Waals surface area (Å²) in [6.45, 7) is 4.26. The molecule has 22 heavy (non-hydrogen) atoms. The van der Waals surface area contributed by atoms with Gasteiger partial charge in [0.25, 0.3) is 0 Å². The molecule has 122 valence electrons. The van der Waals surface area contributed by atoms with Crippen molar-refractivity contribution in [2.75, 3.05) is 25.4 Å². The van der Waals surface area contributed by atoms with Crippen molar-refractivity contribution in [3.8, 4) is 0 Å². The molecular formula is C15H21FN2O3S. The highest BCUT2D eigenvalue weighted by Crippen LogP contribution is 2.25. The normalized spacial score (nSPS) is 18.3. The number of rotatable bonds is 5. The van der Waals surface area contributed by atoms with Crippen LogP contribution in [0, 0.1) is 5.82 Å². The molecule has 1 aromatic rings. The topological polar surface area (TPSA) is 66.5 Å². The molecule has 2 rings (SSSR count). The quantitative estimate of drug-likeness (QED) is 0.885. The van der Waals surface area contributed by atoms with Crippen LogP contribution >= 0.6 is 0 Å². The van der Waals surface area contributed by atoms with Gasteiger partial charge in [-0.3, -0.25) is 4.79 Å². The summed E-state index contributed by atoms with van der Waals surface area (Å²) in [6, 6.07) is 6.16. The smallest absolute Gasteiger partial charge is 0.230 e. The monoisotopic (exact) mass is 328 g/mol. The second-order valence-corrected chi connectivity index (χ2v) is 8.02. The number of carbonyl (C=O) groups is 1. The Kier molecular flexibility index (Phi) is 4.87. The molecule has 1 fully saturated rings. The van der Waals surface area contributed by atoms with Gasteiger partial charge in [-0.15, -0.1) is 0 Å². The lowest BCUT2D eigenvalue weighted by molar-refractivity contribution is -0.125. The molecule has 0 aromatic heterocycles. The molecule has 1 aromatic carbocycles. The van der Waals surface area contributed by atoms with Crippen LogP contribution in [0.2, 0.25) is 0 Å². The van der Waals surface area contributed by atoms with E-state index >= 15 is 0 Å². The van der Waals surface area contributed by atoms with E-state index in [1.807, 2.05) is 0 Å². The first-order chi connectivity index (χ1) is 10.2. The summed E-state index contributed by atoms with van der Waals surface area (Å²) < 4.78 is 38.6. The summed E-state index contributed by atoms with van der Waals surface area (Å²) in [4.78, 5) is 12.3. The Hall–Kier alpha value is -1.47. The lowest BCUT2D eigenvalue weighted by Crippen LogP contribution is -2.44. The fourth-order valence-corrected chi connectivity index (χ4v) is 4.08. The number of hydrogen-bond donors (Lipinski definition) is 1. The SMILES string of the molecule is CC(C)(C(=O)NCCN1CCCS1(=O)=O)c1ccccc1F. The van der Waals surface area contributed by atoms with E-state index in [9.17, 15) is 17.6 Å². The minimum atomic E-state index is -3.16. The highest BCUT2D eigenvalue weighted by molar-refractivity contribution is 7.89. The van der Waals surface area contributed by atoms with E-state index in [-0.39, 0.29) is 24.7 Å². The van der Waals surface area contributed by atoms with Crippen LogP contribution in [0.5, 0.6) is 0 Å². The van der Waals surface area contributed by atoms with E-state index in [1.54, 1.807) is 32.0 Å². The number of amides is 1. The molecule has 0 bridgehead atoms. The van der Waals surface area contributed by atoms with Crippen molar-refractivity contribution in [1.82, 2.24) is 9.62 Å². The lowest BCUT2D eigenvalue weighted by atomic mass is 9.83. The van der Waals surface area contributed by atoms with Crippen LogP contribution in [0.4, 0.5) is 4.39 Å². The molecule has 1 aliphatic heterocycles. The minimum absolute atomic E-state index is 0.168. The number of nitrogens with one attached hydrogen (secondary N) is 1. The van der Waals surface area contributed by atoms with Crippen LogP contribution in [0.1, 0.15) is 25.8 Å². The van der Waals surface area contributed by atoms with E-state index in [0.29, 0.717) is 18.5 Å². The van der Waals surface area contributed by atoms with Crippen molar-refractivity contribution in [1.29, 1.82) is 0 Å². The number of benzene rings is 1. The van der Waals surface area contributed by atoms with E-state index in [1.165, 1.54) is 10.4 Å². The molecule has 0 atom stereocenters. The summed E-state index contributed by atoms with van der Waals surface area (Å²) in [7, 11) is -3.16. The predicted molar refractivity (Wildman–Crippen MR) is 82.4 cm³/mol. The van der Waals surface area contributed by atoms with Gasteiger partial charge < -0.3 is 5.32 Å². The van der Waals surface area contributed by atoms with Crippen LogP contribution in [0.15, 0.2) is 24.3 Å². The van der Waals surface area contributed by atoms with Gasteiger partial charge in [-0.2, -0.15) is 0 Å². The molecule has 5 nitrogen and oxygen atoms in total. The minimum Gasteiger partial charge on any atom is -0.354 e. The first kappa shape index (κ1) is 16.9. The lowest BCUT2D eigenvalue weighted by Gasteiger charge is -2.25. The van der Waals surface area contributed by atoms with E-state index < -0.39 is 21.3 Å². The van der Waals surface area contributed by atoms with Gasteiger partial charge in [0.1, 0.15) is 5.82 Å². The molecule has 0 radical (unpaired) electrons. The molecule has 1 aliphatic rings. The summed E-state index contributed by atoms with van der Waals surface area (Å²) in [5, 5.41) is 2.70. The van der Waals surface area contributed by atoms with Crippen LogP contribution in [0.3, 0.4) is 0 Å². The summed E-state index contributed by atoms with van der Waals surface area (Å²) >= 11 is 0. The van der Waals surface area contributed by atoms with Crippen LogP contribution in [0.25, 0.3) is 0 Å². The molecular weight excluding hydrogens is 307 g/mol. The van der Waals surface area contributed by atoms with E-state index in [2.05, 4.69) is 5.32 Å². The third kappa shape index (κ3) is 3.47. The molecule has 1 N–H and O–H groups in total. The fourth-order valence-electron chi connectivity index (χ4n) is 2.55. The Morgan fingerprint density at radius 1 is 1.36 bits per heavy atom. The van der Waals surface area contributed by atoms with Gasteiger partial charge in [-0.25, -0.2) is 17.1 Å². The average Bonchev–Trinajstić information content (AvgIpc) is 2.78. The second-order valence-electron chi connectivity index (χ2n) is 5.93. The average molecular weight is 328 g/mol. The van der Waals surface area contributed by atoms with Crippen LogP contribution < -0.4 is 5.32 Å². The zero-order chi connectivity index (χ0) is 16.4. The van der Waals surface area contributed by atoms with Crippen molar-refractivity contribution in [3.63, 3.8) is 0 Å². The number of hydrogen-bond acceptors (Lipinski definition) is 3. The Labute approximate surface area is 130 Å². The highest BCUT2D eigenvalue weighted by Gasteiger charge is 2.33. The van der Waals surface area contributed by atoms with Crippen LogP contribution in [-0.4, -0.2) is 44.0 Å². The largest absolute Gasteiger partial charge is 0.354 e.